The molecule has 6 nitrogen and oxygen atoms in total. The molecule has 0 aromatic carbocycles. The molecule has 0 atom stereocenters. The van der Waals surface area contributed by atoms with Crippen molar-refractivity contribution in [2.24, 2.45) is 0 Å². The maximum atomic E-state index is 4.18. The van der Waals surface area contributed by atoms with Gasteiger partial charge in [0.15, 0.2) is 0 Å². The molecule has 0 saturated carbocycles. The quantitative estimate of drug-likeness (QED) is 0.803. The Bertz CT molecular complexity index is 394. The van der Waals surface area contributed by atoms with E-state index in [9.17, 15) is 0 Å². The topological polar surface area (TPSA) is 70.6 Å². The summed E-state index contributed by atoms with van der Waals surface area (Å²) in [4.78, 5) is 7.32. The van der Waals surface area contributed by atoms with Gasteiger partial charge in [-0.2, -0.15) is 5.21 Å². The van der Waals surface area contributed by atoms with Gasteiger partial charge in [-0.05, 0) is 12.1 Å². The van der Waals surface area contributed by atoms with Crippen LogP contribution in [0.5, 0.6) is 0 Å². The molecule has 0 unspecified atom stereocenters. The second kappa shape index (κ2) is 3.70. The van der Waals surface area contributed by atoms with Gasteiger partial charge in [0.05, 0.1) is 17.7 Å². The first-order valence-corrected chi connectivity index (χ1v) is 4.99. The molecule has 0 radical (unpaired) electrons. The van der Waals surface area contributed by atoms with E-state index in [1.54, 1.807) is 11.3 Å². The Balaban J connectivity index is 2.09. The average Bonchev–Trinajstić information content (AvgIpc) is 2.77. The van der Waals surface area contributed by atoms with E-state index >= 15 is 0 Å². The number of anilines is 1. The summed E-state index contributed by atoms with van der Waals surface area (Å²) in [5.74, 6) is 0.595. The maximum absolute atomic E-state index is 4.18. The fourth-order valence-electron chi connectivity index (χ4n) is 1.08. The molecule has 2 aromatic heterocycles. The van der Waals surface area contributed by atoms with E-state index < -0.39 is 0 Å². The van der Waals surface area contributed by atoms with Crippen LogP contribution in [0.3, 0.4) is 0 Å². The number of H-pyrrole nitrogens is 1. The van der Waals surface area contributed by atoms with Gasteiger partial charge in [0, 0.05) is 11.9 Å². The summed E-state index contributed by atoms with van der Waals surface area (Å²) in [5, 5.41) is 13.7. The largest absolute Gasteiger partial charge is 0.336 e. The average molecular weight is 210 g/mol. The van der Waals surface area contributed by atoms with Crippen molar-refractivity contribution in [2.45, 2.75) is 13.5 Å². The highest BCUT2D eigenvalue weighted by Crippen LogP contribution is 2.15. The second-order valence-corrected chi connectivity index (χ2v) is 3.87. The lowest BCUT2D eigenvalue weighted by Crippen LogP contribution is -2.17. The standard InChI is InChI=1S/C7H10N6S/c1-5-6(14-4-8-5)3-13(2)7-9-11-12-10-7/h4H,3H2,1-2H3,(H,9,10,11,12). The maximum Gasteiger partial charge on any atom is 0.265 e. The van der Waals surface area contributed by atoms with Crippen LogP contribution in [-0.2, 0) is 6.54 Å². The van der Waals surface area contributed by atoms with Gasteiger partial charge in [0.1, 0.15) is 0 Å². The molecule has 0 aliphatic heterocycles. The minimum atomic E-state index is 0.595. The van der Waals surface area contributed by atoms with Gasteiger partial charge >= 0.3 is 0 Å². The molecule has 2 heterocycles. The van der Waals surface area contributed by atoms with Gasteiger partial charge in [-0.25, -0.2) is 4.98 Å². The molecule has 74 valence electrons. The zero-order valence-electron chi connectivity index (χ0n) is 7.93. The molecule has 0 fully saturated rings. The number of nitrogens with zero attached hydrogens (tertiary/aromatic N) is 5. The van der Waals surface area contributed by atoms with Crippen molar-refractivity contribution < 1.29 is 0 Å². The first-order chi connectivity index (χ1) is 6.77. The number of aromatic amines is 1. The number of tetrazole rings is 1. The zero-order chi connectivity index (χ0) is 9.97. The van der Waals surface area contributed by atoms with Crippen molar-refractivity contribution >= 4 is 17.3 Å². The molecule has 0 bridgehead atoms. The molecule has 0 spiro atoms. The van der Waals surface area contributed by atoms with Crippen LogP contribution in [0.15, 0.2) is 5.51 Å². The first kappa shape index (κ1) is 9.07. The number of hydrogen-bond acceptors (Lipinski definition) is 6. The van der Waals surface area contributed by atoms with Crippen LogP contribution in [0.4, 0.5) is 5.95 Å². The van der Waals surface area contributed by atoms with Crippen LogP contribution >= 0.6 is 11.3 Å². The van der Waals surface area contributed by atoms with Gasteiger partial charge in [-0.15, -0.1) is 16.4 Å². The summed E-state index contributed by atoms with van der Waals surface area (Å²) in [6, 6.07) is 0. The van der Waals surface area contributed by atoms with Crippen molar-refractivity contribution in [1.29, 1.82) is 0 Å². The molecular weight excluding hydrogens is 200 g/mol. The summed E-state index contributed by atoms with van der Waals surface area (Å²) in [5.41, 5.74) is 2.90. The van der Waals surface area contributed by atoms with E-state index in [4.69, 9.17) is 0 Å². The summed E-state index contributed by atoms with van der Waals surface area (Å²) < 4.78 is 0. The van der Waals surface area contributed by atoms with E-state index in [0.717, 1.165) is 12.2 Å². The van der Waals surface area contributed by atoms with Crippen LogP contribution in [0.1, 0.15) is 10.6 Å². The number of rotatable bonds is 3. The third kappa shape index (κ3) is 1.72. The van der Waals surface area contributed by atoms with Crippen molar-refractivity contribution in [3.05, 3.63) is 16.1 Å². The van der Waals surface area contributed by atoms with Crippen molar-refractivity contribution in [3.63, 3.8) is 0 Å². The van der Waals surface area contributed by atoms with Gasteiger partial charge in [-0.3, -0.25) is 0 Å². The zero-order valence-corrected chi connectivity index (χ0v) is 8.75. The highest BCUT2D eigenvalue weighted by molar-refractivity contribution is 7.09. The molecule has 2 aromatic rings. The van der Waals surface area contributed by atoms with Crippen LogP contribution in [-0.4, -0.2) is 32.7 Å². The monoisotopic (exact) mass is 210 g/mol. The fraction of sp³-hybridized carbons (Fsp3) is 0.429. The van der Waals surface area contributed by atoms with Gasteiger partial charge in [0.25, 0.3) is 5.95 Å². The molecule has 2 rings (SSSR count). The van der Waals surface area contributed by atoms with Crippen molar-refractivity contribution in [1.82, 2.24) is 25.6 Å². The highest BCUT2D eigenvalue weighted by atomic mass is 32.1. The number of thiazole rings is 1. The summed E-state index contributed by atoms with van der Waals surface area (Å²) in [6.45, 7) is 2.76. The first-order valence-electron chi connectivity index (χ1n) is 4.11. The highest BCUT2D eigenvalue weighted by Gasteiger charge is 2.09. The third-order valence-corrected chi connectivity index (χ3v) is 2.82. The Morgan fingerprint density at radius 2 is 2.43 bits per heavy atom. The number of hydrogen-bond donors (Lipinski definition) is 1. The van der Waals surface area contributed by atoms with Crippen molar-refractivity contribution in [2.75, 3.05) is 11.9 Å². The summed E-state index contributed by atoms with van der Waals surface area (Å²) in [6.07, 6.45) is 0. The van der Waals surface area contributed by atoms with Crippen LogP contribution in [0.2, 0.25) is 0 Å². The van der Waals surface area contributed by atoms with Crippen LogP contribution in [0.25, 0.3) is 0 Å². The van der Waals surface area contributed by atoms with E-state index in [1.165, 1.54) is 4.88 Å². The predicted octanol–water partition coefficient (Wildman–Crippen LogP) is 0.601. The fourth-order valence-corrected chi connectivity index (χ4v) is 1.91. The Labute approximate surface area is 85.0 Å². The molecule has 0 saturated heterocycles. The SMILES string of the molecule is Cc1ncsc1CN(C)c1nn[nH]n1. The second-order valence-electron chi connectivity index (χ2n) is 2.93. The Kier molecular flexibility index (Phi) is 2.40. The minimum absolute atomic E-state index is 0.595. The van der Waals surface area contributed by atoms with E-state index in [1.807, 2.05) is 24.4 Å². The number of aromatic nitrogens is 5. The van der Waals surface area contributed by atoms with Gasteiger partial charge < -0.3 is 4.90 Å². The van der Waals surface area contributed by atoms with E-state index in [2.05, 4.69) is 25.6 Å². The molecule has 1 N–H and O–H groups in total. The molecular formula is C7H10N6S. The molecule has 0 amide bonds. The lowest BCUT2D eigenvalue weighted by Gasteiger charge is -2.12. The number of aryl methyl sites for hydroxylation is 1. The predicted molar refractivity (Wildman–Crippen MR) is 53.1 cm³/mol. The Morgan fingerprint density at radius 1 is 1.57 bits per heavy atom. The van der Waals surface area contributed by atoms with Gasteiger partial charge in [-0.1, -0.05) is 5.10 Å². The van der Waals surface area contributed by atoms with Gasteiger partial charge in [0.2, 0.25) is 0 Å². The summed E-state index contributed by atoms with van der Waals surface area (Å²) in [7, 11) is 1.92. The third-order valence-electron chi connectivity index (χ3n) is 1.90. The Morgan fingerprint density at radius 3 is 3.00 bits per heavy atom. The Hall–Kier alpha value is -1.50. The van der Waals surface area contributed by atoms with Crippen molar-refractivity contribution in [3.8, 4) is 0 Å². The van der Waals surface area contributed by atoms with Crippen LogP contribution in [0, 0.1) is 6.92 Å². The molecule has 14 heavy (non-hydrogen) atoms. The molecule has 0 aliphatic carbocycles. The smallest absolute Gasteiger partial charge is 0.265 e. The lowest BCUT2D eigenvalue weighted by molar-refractivity contribution is 0.874. The van der Waals surface area contributed by atoms with E-state index in [0.29, 0.717) is 5.95 Å². The summed E-state index contributed by atoms with van der Waals surface area (Å²) >= 11 is 1.64. The number of nitrogens with one attached hydrogen (secondary N) is 1. The molecule has 0 aliphatic rings. The normalized spacial score (nSPS) is 10.4. The van der Waals surface area contributed by atoms with Crippen LogP contribution < -0.4 is 4.90 Å². The molecule has 7 heteroatoms. The van der Waals surface area contributed by atoms with E-state index in [-0.39, 0.29) is 0 Å². The minimum Gasteiger partial charge on any atom is -0.336 e. The lowest BCUT2D eigenvalue weighted by atomic mass is 10.4.